The van der Waals surface area contributed by atoms with Crippen molar-refractivity contribution >= 4 is 5.91 Å². The number of carbonyl (C=O) groups excluding carboxylic acids is 1. The molecule has 102 valence electrons. The van der Waals surface area contributed by atoms with Crippen molar-refractivity contribution in [2.75, 3.05) is 13.6 Å². The first-order valence-corrected chi connectivity index (χ1v) is 6.88. The number of carbonyl (C=O) groups is 1. The largest absolute Gasteiger partial charge is 0.329 e. The average Bonchev–Trinajstić information content (AvgIpc) is 2.81. The summed E-state index contributed by atoms with van der Waals surface area (Å²) in [6.45, 7) is 0.439. The van der Waals surface area contributed by atoms with Gasteiger partial charge in [-0.1, -0.05) is 54.6 Å². The molecule has 1 saturated heterocycles. The third-order valence-electron chi connectivity index (χ3n) is 3.87. The first kappa shape index (κ1) is 12.9. The van der Waals surface area contributed by atoms with E-state index in [1.54, 1.807) is 4.90 Å². The molecule has 1 unspecified atom stereocenters. The zero-order valence-electron chi connectivity index (χ0n) is 11.5. The summed E-state index contributed by atoms with van der Waals surface area (Å²) in [5.41, 5.74) is 3.72. The van der Waals surface area contributed by atoms with E-state index < -0.39 is 0 Å². The van der Waals surface area contributed by atoms with Gasteiger partial charge in [-0.2, -0.15) is 0 Å². The molecule has 1 atom stereocenters. The van der Waals surface area contributed by atoms with Gasteiger partial charge in [0, 0.05) is 13.5 Å². The van der Waals surface area contributed by atoms with E-state index in [0.29, 0.717) is 6.54 Å². The molecular formula is C17H18N2O. The summed E-state index contributed by atoms with van der Waals surface area (Å²) in [4.78, 5) is 13.4. The van der Waals surface area contributed by atoms with Gasteiger partial charge in [-0.25, -0.2) is 0 Å². The summed E-state index contributed by atoms with van der Waals surface area (Å²) < 4.78 is 0. The predicted molar refractivity (Wildman–Crippen MR) is 80.1 cm³/mol. The average molecular weight is 266 g/mol. The lowest BCUT2D eigenvalue weighted by Gasteiger charge is -2.21. The van der Waals surface area contributed by atoms with Gasteiger partial charge in [0.1, 0.15) is 0 Å². The molecule has 2 aromatic carbocycles. The molecule has 0 radical (unpaired) electrons. The Labute approximate surface area is 119 Å². The van der Waals surface area contributed by atoms with Crippen LogP contribution < -0.4 is 5.32 Å². The summed E-state index contributed by atoms with van der Waals surface area (Å²) in [5, 5.41) is 3.26. The SMILES string of the molecule is CN1C(=O)CNC1Cc1ccccc1-c1ccccc1. The quantitative estimate of drug-likeness (QED) is 0.924. The van der Waals surface area contributed by atoms with Gasteiger partial charge in [-0.3, -0.25) is 10.1 Å². The van der Waals surface area contributed by atoms with Gasteiger partial charge in [0.05, 0.1) is 12.7 Å². The minimum absolute atomic E-state index is 0.0902. The Bertz CT molecular complexity index is 609. The maximum atomic E-state index is 11.6. The Kier molecular flexibility index (Phi) is 3.52. The van der Waals surface area contributed by atoms with Gasteiger partial charge in [-0.15, -0.1) is 0 Å². The number of hydrogen-bond donors (Lipinski definition) is 1. The number of hydrogen-bond acceptors (Lipinski definition) is 2. The van der Waals surface area contributed by atoms with Crippen molar-refractivity contribution in [3.05, 3.63) is 60.2 Å². The van der Waals surface area contributed by atoms with Crippen LogP contribution in [0.15, 0.2) is 54.6 Å². The predicted octanol–water partition coefficient (Wildman–Crippen LogP) is 2.28. The van der Waals surface area contributed by atoms with Gasteiger partial charge in [0.25, 0.3) is 0 Å². The van der Waals surface area contributed by atoms with Crippen LogP contribution in [0.4, 0.5) is 0 Å². The van der Waals surface area contributed by atoms with Crippen LogP contribution >= 0.6 is 0 Å². The summed E-state index contributed by atoms with van der Waals surface area (Å²) in [7, 11) is 1.86. The highest BCUT2D eigenvalue weighted by Gasteiger charge is 2.27. The molecular weight excluding hydrogens is 248 g/mol. The van der Waals surface area contributed by atoms with Gasteiger partial charge in [0.15, 0.2) is 0 Å². The van der Waals surface area contributed by atoms with Crippen LogP contribution in [-0.4, -0.2) is 30.6 Å². The van der Waals surface area contributed by atoms with E-state index in [-0.39, 0.29) is 12.1 Å². The molecule has 20 heavy (non-hydrogen) atoms. The molecule has 0 bridgehead atoms. The van der Waals surface area contributed by atoms with E-state index in [0.717, 1.165) is 6.42 Å². The highest BCUT2D eigenvalue weighted by molar-refractivity contribution is 5.80. The van der Waals surface area contributed by atoms with Gasteiger partial charge < -0.3 is 4.90 Å². The third kappa shape index (κ3) is 2.45. The molecule has 1 amide bonds. The second-order valence-electron chi connectivity index (χ2n) is 5.13. The fraction of sp³-hybridized carbons (Fsp3) is 0.235. The van der Waals surface area contributed by atoms with Crippen LogP contribution in [-0.2, 0) is 11.2 Å². The molecule has 0 spiro atoms. The van der Waals surface area contributed by atoms with Crippen molar-refractivity contribution in [1.82, 2.24) is 10.2 Å². The highest BCUT2D eigenvalue weighted by atomic mass is 16.2. The van der Waals surface area contributed by atoms with E-state index in [1.807, 2.05) is 13.1 Å². The summed E-state index contributed by atoms with van der Waals surface area (Å²) >= 11 is 0. The summed E-state index contributed by atoms with van der Waals surface area (Å²) in [5.74, 6) is 0.159. The van der Waals surface area contributed by atoms with Crippen LogP contribution in [0.25, 0.3) is 11.1 Å². The normalized spacial score (nSPS) is 18.6. The Morgan fingerprint density at radius 1 is 1.10 bits per heavy atom. The van der Waals surface area contributed by atoms with Gasteiger partial charge >= 0.3 is 0 Å². The van der Waals surface area contributed by atoms with Crippen molar-refractivity contribution in [2.45, 2.75) is 12.6 Å². The smallest absolute Gasteiger partial charge is 0.237 e. The monoisotopic (exact) mass is 266 g/mol. The van der Waals surface area contributed by atoms with E-state index in [2.05, 4.69) is 53.8 Å². The number of likely N-dealkylation sites (N-methyl/N-ethyl adjacent to an activating group) is 1. The molecule has 1 N–H and O–H groups in total. The number of nitrogens with one attached hydrogen (secondary N) is 1. The molecule has 2 aromatic rings. The Hall–Kier alpha value is -2.13. The van der Waals surface area contributed by atoms with E-state index >= 15 is 0 Å². The number of rotatable bonds is 3. The highest BCUT2D eigenvalue weighted by Crippen LogP contribution is 2.25. The lowest BCUT2D eigenvalue weighted by Crippen LogP contribution is -2.36. The molecule has 3 rings (SSSR count). The zero-order valence-corrected chi connectivity index (χ0v) is 11.5. The number of nitrogens with zero attached hydrogens (tertiary/aromatic N) is 1. The topological polar surface area (TPSA) is 32.3 Å². The first-order valence-electron chi connectivity index (χ1n) is 6.88. The van der Waals surface area contributed by atoms with Crippen LogP contribution in [0, 0.1) is 0 Å². The minimum atomic E-state index is 0.0902. The molecule has 1 heterocycles. The number of benzene rings is 2. The maximum absolute atomic E-state index is 11.6. The van der Waals surface area contributed by atoms with Crippen molar-refractivity contribution in [1.29, 1.82) is 0 Å². The first-order chi connectivity index (χ1) is 9.75. The summed E-state index contributed by atoms with van der Waals surface area (Å²) in [6.07, 6.45) is 0.917. The summed E-state index contributed by atoms with van der Waals surface area (Å²) in [6, 6.07) is 18.8. The molecule has 1 fully saturated rings. The maximum Gasteiger partial charge on any atom is 0.237 e. The van der Waals surface area contributed by atoms with Crippen molar-refractivity contribution < 1.29 is 4.79 Å². The molecule has 0 aliphatic carbocycles. The van der Waals surface area contributed by atoms with E-state index in [9.17, 15) is 4.79 Å². The van der Waals surface area contributed by atoms with Gasteiger partial charge in [-0.05, 0) is 16.7 Å². The molecule has 0 saturated carbocycles. The lowest BCUT2D eigenvalue weighted by molar-refractivity contribution is -0.126. The third-order valence-corrected chi connectivity index (χ3v) is 3.87. The van der Waals surface area contributed by atoms with Gasteiger partial charge in [0.2, 0.25) is 5.91 Å². The van der Waals surface area contributed by atoms with Crippen LogP contribution in [0.5, 0.6) is 0 Å². The van der Waals surface area contributed by atoms with Crippen molar-refractivity contribution in [2.24, 2.45) is 0 Å². The van der Waals surface area contributed by atoms with Crippen LogP contribution in [0.1, 0.15) is 5.56 Å². The molecule has 1 aliphatic heterocycles. The fourth-order valence-corrected chi connectivity index (χ4v) is 2.66. The zero-order chi connectivity index (χ0) is 13.9. The standard InChI is InChI=1S/C17H18N2O/c1-19-16(18-12-17(19)20)11-14-9-5-6-10-15(14)13-7-3-2-4-8-13/h2-10,16,18H,11-12H2,1H3. The molecule has 1 aliphatic rings. The molecule has 0 aromatic heterocycles. The van der Waals surface area contributed by atoms with E-state index in [4.69, 9.17) is 0 Å². The fourth-order valence-electron chi connectivity index (χ4n) is 2.66. The van der Waals surface area contributed by atoms with Crippen LogP contribution in [0.3, 0.4) is 0 Å². The minimum Gasteiger partial charge on any atom is -0.329 e. The lowest BCUT2D eigenvalue weighted by atomic mass is 9.97. The molecule has 3 nitrogen and oxygen atoms in total. The van der Waals surface area contributed by atoms with E-state index in [1.165, 1.54) is 16.7 Å². The second-order valence-corrected chi connectivity index (χ2v) is 5.13. The Balaban J connectivity index is 1.89. The second kappa shape index (κ2) is 5.47. The van der Waals surface area contributed by atoms with Crippen molar-refractivity contribution in [3.8, 4) is 11.1 Å². The Morgan fingerprint density at radius 3 is 2.50 bits per heavy atom. The van der Waals surface area contributed by atoms with Crippen LogP contribution in [0.2, 0.25) is 0 Å². The van der Waals surface area contributed by atoms with Crippen molar-refractivity contribution in [3.63, 3.8) is 0 Å². The Morgan fingerprint density at radius 2 is 1.80 bits per heavy atom. The number of amides is 1. The molecule has 3 heteroatoms.